The van der Waals surface area contributed by atoms with Crippen LogP contribution in [0.4, 0.5) is 0 Å². The van der Waals surface area contributed by atoms with E-state index >= 15 is 0 Å². The molecule has 0 atom stereocenters. The topological polar surface area (TPSA) is 66.0 Å². The van der Waals surface area contributed by atoms with Gasteiger partial charge in [-0.2, -0.15) is 0 Å². The second-order valence-electron chi connectivity index (χ2n) is 3.51. The summed E-state index contributed by atoms with van der Waals surface area (Å²) in [4.78, 5) is 9.00. The number of rotatable bonds is 4. The van der Waals surface area contributed by atoms with Crippen LogP contribution in [-0.4, -0.2) is 26.6 Å². The molecule has 0 unspecified atom stereocenters. The van der Waals surface area contributed by atoms with Gasteiger partial charge in [0, 0.05) is 13.3 Å². The van der Waals surface area contributed by atoms with Crippen LogP contribution in [-0.2, 0) is 17.9 Å². The number of aromatic nitrogens is 3. The molecule has 0 aliphatic heterocycles. The van der Waals surface area contributed by atoms with Gasteiger partial charge in [0.05, 0.1) is 16.6 Å². The van der Waals surface area contributed by atoms with E-state index in [1.807, 2.05) is 4.57 Å². The van der Waals surface area contributed by atoms with Crippen molar-refractivity contribution < 1.29 is 4.74 Å². The average molecular weight is 271 g/mol. The highest BCUT2D eigenvalue weighted by Crippen LogP contribution is 2.18. The number of imidazole rings is 1. The SMILES string of the molecule is COCc1nc2cc(Cl)cnc2n1CC(N)=S. The van der Waals surface area contributed by atoms with Crippen LogP contribution in [0, 0.1) is 0 Å². The molecule has 0 aromatic carbocycles. The number of halogens is 1. The Hall–Kier alpha value is -1.24. The molecule has 5 nitrogen and oxygen atoms in total. The van der Waals surface area contributed by atoms with E-state index in [0.717, 1.165) is 5.82 Å². The van der Waals surface area contributed by atoms with Gasteiger partial charge < -0.3 is 15.0 Å². The number of nitrogens with two attached hydrogens (primary N) is 1. The lowest BCUT2D eigenvalue weighted by Crippen LogP contribution is -2.18. The molecule has 2 aromatic rings. The maximum Gasteiger partial charge on any atom is 0.160 e. The number of hydrogen-bond acceptors (Lipinski definition) is 4. The first kappa shape index (κ1) is 12.2. The van der Waals surface area contributed by atoms with Crippen molar-refractivity contribution in [1.29, 1.82) is 0 Å². The van der Waals surface area contributed by atoms with Crippen LogP contribution in [0.15, 0.2) is 12.3 Å². The smallest absolute Gasteiger partial charge is 0.160 e. The Balaban J connectivity index is 2.57. The van der Waals surface area contributed by atoms with Gasteiger partial charge in [-0.25, -0.2) is 9.97 Å². The van der Waals surface area contributed by atoms with Gasteiger partial charge in [0.25, 0.3) is 0 Å². The van der Waals surface area contributed by atoms with E-state index < -0.39 is 0 Å². The molecule has 0 bridgehead atoms. The molecule has 2 N–H and O–H groups in total. The molecule has 2 heterocycles. The summed E-state index contributed by atoms with van der Waals surface area (Å²) in [7, 11) is 1.60. The molecule has 2 rings (SSSR count). The number of thiocarbonyl (C=S) groups is 1. The molecule has 0 fully saturated rings. The molecule has 0 aliphatic rings. The summed E-state index contributed by atoms with van der Waals surface area (Å²) in [6.45, 7) is 0.760. The molecule has 90 valence electrons. The molecule has 0 amide bonds. The largest absolute Gasteiger partial charge is 0.392 e. The molecule has 7 heteroatoms. The zero-order valence-electron chi connectivity index (χ0n) is 9.18. The van der Waals surface area contributed by atoms with E-state index in [1.54, 1.807) is 19.4 Å². The Morgan fingerprint density at radius 1 is 1.65 bits per heavy atom. The summed E-state index contributed by atoms with van der Waals surface area (Å²) in [5, 5.41) is 0.543. The van der Waals surface area contributed by atoms with Gasteiger partial charge in [-0.1, -0.05) is 23.8 Å². The van der Waals surface area contributed by atoms with Crippen molar-refractivity contribution in [1.82, 2.24) is 14.5 Å². The summed E-state index contributed by atoms with van der Waals surface area (Å²) >= 11 is 10.8. The third-order valence-electron chi connectivity index (χ3n) is 2.22. The lowest BCUT2D eigenvalue weighted by atomic mass is 10.4. The Morgan fingerprint density at radius 2 is 2.41 bits per heavy atom. The zero-order valence-corrected chi connectivity index (χ0v) is 10.8. The fourth-order valence-electron chi connectivity index (χ4n) is 1.59. The van der Waals surface area contributed by atoms with Crippen LogP contribution in [0.5, 0.6) is 0 Å². The normalized spacial score (nSPS) is 10.9. The summed E-state index contributed by atoms with van der Waals surface area (Å²) in [5.41, 5.74) is 6.97. The highest BCUT2D eigenvalue weighted by Gasteiger charge is 2.12. The van der Waals surface area contributed by atoms with Gasteiger partial charge in [0.2, 0.25) is 0 Å². The number of ether oxygens (including phenoxy) is 1. The van der Waals surface area contributed by atoms with Gasteiger partial charge in [0.1, 0.15) is 17.9 Å². The van der Waals surface area contributed by atoms with Crippen molar-refractivity contribution in [3.8, 4) is 0 Å². The third kappa shape index (κ3) is 2.54. The zero-order chi connectivity index (χ0) is 12.4. The van der Waals surface area contributed by atoms with Gasteiger partial charge >= 0.3 is 0 Å². The van der Waals surface area contributed by atoms with Gasteiger partial charge in [-0.3, -0.25) is 0 Å². The predicted octanol–water partition coefficient (Wildman–Crippen LogP) is 1.52. The fraction of sp³-hybridized carbons (Fsp3) is 0.300. The van der Waals surface area contributed by atoms with Gasteiger partial charge in [0.15, 0.2) is 5.65 Å². The Kier molecular flexibility index (Phi) is 3.56. The highest BCUT2D eigenvalue weighted by molar-refractivity contribution is 7.80. The van der Waals surface area contributed by atoms with Gasteiger partial charge in [-0.05, 0) is 6.07 Å². The minimum Gasteiger partial charge on any atom is -0.392 e. The van der Waals surface area contributed by atoms with Crippen LogP contribution in [0.3, 0.4) is 0 Å². The molecule has 0 saturated carbocycles. The minimum absolute atomic E-state index is 0.372. The van der Waals surface area contributed by atoms with Crippen LogP contribution in [0.2, 0.25) is 5.02 Å². The quantitative estimate of drug-likeness (QED) is 0.854. The molecule has 17 heavy (non-hydrogen) atoms. The van der Waals surface area contributed by atoms with E-state index in [-0.39, 0.29) is 0 Å². The number of hydrogen-bond donors (Lipinski definition) is 1. The first-order valence-electron chi connectivity index (χ1n) is 4.89. The maximum absolute atomic E-state index is 5.87. The van der Waals surface area contributed by atoms with Crippen molar-refractivity contribution in [3.05, 3.63) is 23.1 Å². The first-order valence-corrected chi connectivity index (χ1v) is 5.68. The summed E-state index contributed by atoms with van der Waals surface area (Å²) in [6, 6.07) is 1.75. The first-order chi connectivity index (χ1) is 8.11. The van der Waals surface area contributed by atoms with Crippen molar-refractivity contribution >= 4 is 40.0 Å². The van der Waals surface area contributed by atoms with E-state index in [4.69, 9.17) is 34.3 Å². The monoisotopic (exact) mass is 270 g/mol. The highest BCUT2D eigenvalue weighted by atomic mass is 35.5. The Bertz CT molecular complexity index is 569. The van der Waals surface area contributed by atoms with Crippen molar-refractivity contribution in [2.45, 2.75) is 13.2 Å². The number of methoxy groups -OCH3 is 1. The predicted molar refractivity (Wildman–Crippen MR) is 70.0 cm³/mol. The minimum atomic E-state index is 0.372. The molecule has 0 radical (unpaired) electrons. The lowest BCUT2D eigenvalue weighted by molar-refractivity contribution is 0.175. The van der Waals surface area contributed by atoms with E-state index in [1.165, 1.54) is 0 Å². The van der Waals surface area contributed by atoms with E-state index in [2.05, 4.69) is 9.97 Å². The van der Waals surface area contributed by atoms with Crippen molar-refractivity contribution in [2.75, 3.05) is 7.11 Å². The van der Waals surface area contributed by atoms with Crippen molar-refractivity contribution in [2.24, 2.45) is 5.73 Å². The molecule has 0 aliphatic carbocycles. The summed E-state index contributed by atoms with van der Waals surface area (Å²) in [5.74, 6) is 0.727. The summed E-state index contributed by atoms with van der Waals surface area (Å²) < 4.78 is 6.91. The number of nitrogens with zero attached hydrogens (tertiary/aromatic N) is 3. The standard InChI is InChI=1S/C10H11ClN4OS/c1-16-5-9-14-7-2-6(11)3-13-10(7)15(9)4-8(12)17/h2-3H,4-5H2,1H3,(H2,12,17). The van der Waals surface area contributed by atoms with E-state index in [9.17, 15) is 0 Å². The summed E-state index contributed by atoms with van der Waals surface area (Å²) in [6.07, 6.45) is 1.57. The van der Waals surface area contributed by atoms with Crippen molar-refractivity contribution in [3.63, 3.8) is 0 Å². The average Bonchev–Trinajstić information content (AvgIpc) is 2.56. The van der Waals surface area contributed by atoms with E-state index in [0.29, 0.717) is 34.3 Å². The maximum atomic E-state index is 5.87. The van der Waals surface area contributed by atoms with Gasteiger partial charge in [-0.15, -0.1) is 0 Å². The van der Waals surface area contributed by atoms with Crippen LogP contribution < -0.4 is 5.73 Å². The Labute approximate surface area is 109 Å². The van der Waals surface area contributed by atoms with Crippen LogP contribution in [0.25, 0.3) is 11.2 Å². The Morgan fingerprint density at radius 3 is 3.06 bits per heavy atom. The second-order valence-corrected chi connectivity index (χ2v) is 4.47. The third-order valence-corrected chi connectivity index (χ3v) is 2.55. The molecule has 0 saturated heterocycles. The molecular weight excluding hydrogens is 260 g/mol. The number of pyridine rings is 1. The number of fused-ring (bicyclic) bond motifs is 1. The molecule has 2 aromatic heterocycles. The van der Waals surface area contributed by atoms with Crippen LogP contribution >= 0.6 is 23.8 Å². The fourth-order valence-corrected chi connectivity index (χ4v) is 1.88. The van der Waals surface area contributed by atoms with Crippen LogP contribution in [0.1, 0.15) is 5.82 Å². The second kappa shape index (κ2) is 4.95. The lowest BCUT2D eigenvalue weighted by Gasteiger charge is -2.06. The molecule has 0 spiro atoms. The molecular formula is C10H11ClN4OS.